The van der Waals surface area contributed by atoms with Gasteiger partial charge in [0.05, 0.1) is 5.39 Å². The largest absolute Gasteiger partial charge is 0.438 e. The maximum absolute atomic E-state index is 12.5. The SMILES string of the molecule is Cc1nc2sccc2c(=O)n1NC(=O)c1ccc(S(=O)(=O)NC(C)(C)C)o1. The van der Waals surface area contributed by atoms with Crippen molar-refractivity contribution in [3.8, 4) is 0 Å². The first-order valence-corrected chi connectivity index (χ1v) is 10.3. The van der Waals surface area contributed by atoms with Gasteiger partial charge in [0.1, 0.15) is 10.7 Å². The Morgan fingerprint density at radius 2 is 1.96 bits per heavy atom. The second-order valence-electron chi connectivity index (χ2n) is 6.85. The van der Waals surface area contributed by atoms with Crippen LogP contribution in [0.3, 0.4) is 0 Å². The van der Waals surface area contributed by atoms with Gasteiger partial charge in [-0.3, -0.25) is 15.0 Å². The van der Waals surface area contributed by atoms with Gasteiger partial charge in [0, 0.05) is 5.54 Å². The molecular formula is C16H18N4O5S2. The summed E-state index contributed by atoms with van der Waals surface area (Å²) in [5.41, 5.74) is 1.25. The molecule has 0 bridgehead atoms. The summed E-state index contributed by atoms with van der Waals surface area (Å²) in [5, 5.41) is 1.72. The molecule has 0 aliphatic rings. The lowest BCUT2D eigenvalue weighted by Crippen LogP contribution is -2.40. The van der Waals surface area contributed by atoms with Crippen molar-refractivity contribution in [2.45, 2.75) is 38.3 Å². The predicted octanol–water partition coefficient (Wildman–Crippen LogP) is 1.82. The molecule has 144 valence electrons. The number of carbonyl (C=O) groups excluding carboxylic acids is 1. The average molecular weight is 410 g/mol. The Bertz CT molecular complexity index is 1180. The van der Waals surface area contributed by atoms with Crippen LogP contribution >= 0.6 is 11.3 Å². The number of nitrogens with one attached hydrogen (secondary N) is 2. The lowest BCUT2D eigenvalue weighted by Gasteiger charge is -2.19. The first kappa shape index (κ1) is 19.3. The molecule has 1 amide bonds. The number of hydrogen-bond acceptors (Lipinski definition) is 7. The number of aromatic nitrogens is 2. The fourth-order valence-electron chi connectivity index (χ4n) is 2.34. The van der Waals surface area contributed by atoms with Crippen LogP contribution in [0.4, 0.5) is 0 Å². The van der Waals surface area contributed by atoms with Crippen molar-refractivity contribution in [2.24, 2.45) is 0 Å². The van der Waals surface area contributed by atoms with Crippen molar-refractivity contribution in [1.82, 2.24) is 14.4 Å². The van der Waals surface area contributed by atoms with E-state index in [4.69, 9.17) is 4.42 Å². The molecule has 11 heteroatoms. The summed E-state index contributed by atoms with van der Waals surface area (Å²) in [4.78, 5) is 29.7. The third-order valence-electron chi connectivity index (χ3n) is 3.39. The molecule has 2 N–H and O–H groups in total. The highest BCUT2D eigenvalue weighted by molar-refractivity contribution is 7.89. The Morgan fingerprint density at radius 3 is 2.63 bits per heavy atom. The average Bonchev–Trinajstić information content (AvgIpc) is 3.17. The minimum atomic E-state index is -3.92. The van der Waals surface area contributed by atoms with E-state index in [2.05, 4.69) is 15.1 Å². The number of sulfonamides is 1. The van der Waals surface area contributed by atoms with Crippen LogP contribution in [-0.4, -0.2) is 29.5 Å². The van der Waals surface area contributed by atoms with Crippen LogP contribution in [-0.2, 0) is 10.0 Å². The minimum absolute atomic E-state index is 0.249. The third-order valence-corrected chi connectivity index (χ3v) is 5.83. The third kappa shape index (κ3) is 3.94. The molecule has 3 rings (SSSR count). The van der Waals surface area contributed by atoms with Crippen LogP contribution in [0.2, 0.25) is 0 Å². The molecule has 0 spiro atoms. The van der Waals surface area contributed by atoms with Crippen LogP contribution < -0.4 is 15.7 Å². The van der Waals surface area contributed by atoms with E-state index in [1.165, 1.54) is 23.5 Å². The number of nitrogens with zero attached hydrogens (tertiary/aromatic N) is 2. The highest BCUT2D eigenvalue weighted by Gasteiger charge is 2.26. The number of thiophene rings is 1. The molecule has 0 fully saturated rings. The minimum Gasteiger partial charge on any atom is -0.438 e. The first-order valence-electron chi connectivity index (χ1n) is 7.90. The molecule has 9 nitrogen and oxygen atoms in total. The first-order chi connectivity index (χ1) is 12.5. The van der Waals surface area contributed by atoms with Gasteiger partial charge < -0.3 is 4.42 Å². The molecule has 0 unspecified atom stereocenters. The summed E-state index contributed by atoms with van der Waals surface area (Å²) in [7, 11) is -3.92. The second kappa shape index (κ2) is 6.59. The van der Waals surface area contributed by atoms with Gasteiger partial charge in [-0.1, -0.05) is 0 Å². The van der Waals surface area contributed by atoms with Crippen molar-refractivity contribution in [1.29, 1.82) is 0 Å². The van der Waals surface area contributed by atoms with E-state index in [0.29, 0.717) is 10.2 Å². The number of fused-ring (bicyclic) bond motifs is 1. The zero-order chi connectivity index (χ0) is 20.0. The molecule has 27 heavy (non-hydrogen) atoms. The van der Waals surface area contributed by atoms with Crippen LogP contribution in [0.5, 0.6) is 0 Å². The van der Waals surface area contributed by atoms with Gasteiger partial charge in [-0.15, -0.1) is 11.3 Å². The van der Waals surface area contributed by atoms with Gasteiger partial charge in [0.15, 0.2) is 5.76 Å². The van der Waals surface area contributed by atoms with E-state index in [9.17, 15) is 18.0 Å². The van der Waals surface area contributed by atoms with Crippen molar-refractivity contribution in [3.63, 3.8) is 0 Å². The Balaban J connectivity index is 1.89. The van der Waals surface area contributed by atoms with Crippen molar-refractivity contribution in [3.05, 3.63) is 45.5 Å². The standard InChI is InChI=1S/C16H18N4O5S2/c1-9-17-14-10(7-8-26-14)15(22)20(9)18-13(21)11-5-6-12(25-11)27(23,24)19-16(2,3)4/h5-8,19H,1-4H3,(H,18,21). The number of amides is 1. The van der Waals surface area contributed by atoms with Gasteiger partial charge in [-0.2, -0.15) is 0 Å². The molecule has 3 heterocycles. The highest BCUT2D eigenvalue weighted by atomic mass is 32.2. The van der Waals surface area contributed by atoms with Crippen molar-refractivity contribution >= 4 is 37.5 Å². The zero-order valence-electron chi connectivity index (χ0n) is 15.1. The fraction of sp³-hybridized carbons (Fsp3) is 0.312. The van der Waals surface area contributed by atoms with Gasteiger partial charge >= 0.3 is 5.91 Å². The molecule has 0 saturated heterocycles. The van der Waals surface area contributed by atoms with Crippen molar-refractivity contribution < 1.29 is 17.6 Å². The number of furan rings is 1. The summed E-state index contributed by atoms with van der Waals surface area (Å²) in [6.07, 6.45) is 0. The Hall–Kier alpha value is -2.50. The van der Waals surface area contributed by atoms with Crippen molar-refractivity contribution in [2.75, 3.05) is 5.43 Å². The lowest BCUT2D eigenvalue weighted by molar-refractivity contribution is 0.0975. The number of rotatable bonds is 4. The Morgan fingerprint density at radius 1 is 1.26 bits per heavy atom. The maximum Gasteiger partial charge on any atom is 0.305 e. The van der Waals surface area contributed by atoms with E-state index >= 15 is 0 Å². The van der Waals surface area contributed by atoms with Crippen LogP contribution in [0.15, 0.2) is 37.9 Å². The molecule has 0 aromatic carbocycles. The summed E-state index contributed by atoms with van der Waals surface area (Å²) in [6, 6.07) is 4.02. The van der Waals surface area contributed by atoms with Gasteiger partial charge in [0.2, 0.25) is 5.09 Å². The topological polar surface area (TPSA) is 123 Å². The monoisotopic (exact) mass is 410 g/mol. The molecule has 3 aromatic rings. The molecule has 0 saturated carbocycles. The van der Waals surface area contributed by atoms with Crippen LogP contribution in [0.25, 0.3) is 10.2 Å². The summed E-state index contributed by atoms with van der Waals surface area (Å²) in [6.45, 7) is 6.63. The number of carbonyl (C=O) groups is 1. The Kier molecular flexibility index (Phi) is 4.70. The summed E-state index contributed by atoms with van der Waals surface area (Å²) < 4.78 is 33.2. The van der Waals surface area contributed by atoms with Crippen LogP contribution in [0.1, 0.15) is 37.2 Å². The summed E-state index contributed by atoms with van der Waals surface area (Å²) in [5.74, 6) is -0.730. The van der Waals surface area contributed by atoms with Gasteiger partial charge in [0.25, 0.3) is 15.6 Å². The lowest BCUT2D eigenvalue weighted by atomic mass is 10.1. The quantitative estimate of drug-likeness (QED) is 0.676. The van der Waals surface area contributed by atoms with E-state index in [-0.39, 0.29) is 11.6 Å². The smallest absolute Gasteiger partial charge is 0.305 e. The van der Waals surface area contributed by atoms with Gasteiger partial charge in [-0.25, -0.2) is 22.8 Å². The van der Waals surface area contributed by atoms with E-state index in [0.717, 1.165) is 4.68 Å². The second-order valence-corrected chi connectivity index (χ2v) is 9.36. The van der Waals surface area contributed by atoms with Crippen LogP contribution in [0, 0.1) is 6.92 Å². The molecule has 0 aliphatic carbocycles. The maximum atomic E-state index is 12.5. The molecule has 0 radical (unpaired) electrons. The highest BCUT2D eigenvalue weighted by Crippen LogP contribution is 2.17. The fourth-order valence-corrected chi connectivity index (χ4v) is 4.50. The van der Waals surface area contributed by atoms with E-state index in [1.54, 1.807) is 39.1 Å². The summed E-state index contributed by atoms with van der Waals surface area (Å²) >= 11 is 1.32. The van der Waals surface area contributed by atoms with Gasteiger partial charge in [-0.05, 0) is 51.3 Å². The molecule has 0 atom stereocenters. The zero-order valence-corrected chi connectivity index (χ0v) is 16.7. The number of aryl methyl sites for hydroxylation is 1. The molecular weight excluding hydrogens is 392 g/mol. The van der Waals surface area contributed by atoms with E-state index < -0.39 is 32.1 Å². The molecule has 0 aliphatic heterocycles. The molecule has 3 aromatic heterocycles. The Labute approximate surface area is 159 Å². The predicted molar refractivity (Wildman–Crippen MR) is 101 cm³/mol. The normalized spacial score (nSPS) is 12.4. The van der Waals surface area contributed by atoms with E-state index in [1.807, 2.05) is 0 Å². The number of hydrogen-bond donors (Lipinski definition) is 2.